The molecule has 1 amide bonds. The van der Waals surface area contributed by atoms with Crippen LogP contribution in [0, 0.1) is 5.92 Å². The summed E-state index contributed by atoms with van der Waals surface area (Å²) in [7, 11) is 0. The highest BCUT2D eigenvalue weighted by atomic mass is 35.5. The second kappa shape index (κ2) is 6.46. The van der Waals surface area contributed by atoms with Gasteiger partial charge in [0.1, 0.15) is 0 Å². The van der Waals surface area contributed by atoms with Gasteiger partial charge in [0, 0.05) is 24.8 Å². The Labute approximate surface area is 125 Å². The second-order valence-corrected chi connectivity index (χ2v) is 6.06. The topological polar surface area (TPSA) is 58.4 Å². The Kier molecular flexibility index (Phi) is 4.89. The first-order chi connectivity index (χ1) is 9.49. The van der Waals surface area contributed by atoms with E-state index in [0.29, 0.717) is 34.8 Å². The van der Waals surface area contributed by atoms with Gasteiger partial charge in [0.2, 0.25) is 0 Å². The molecule has 1 atom stereocenters. The third kappa shape index (κ3) is 3.44. The van der Waals surface area contributed by atoms with Crippen LogP contribution >= 0.6 is 11.6 Å². The first-order valence-electron chi connectivity index (χ1n) is 7.05. The van der Waals surface area contributed by atoms with Crippen molar-refractivity contribution < 1.29 is 4.79 Å². The van der Waals surface area contributed by atoms with Crippen molar-refractivity contribution >= 4 is 23.2 Å². The molecule has 4 nitrogen and oxygen atoms in total. The summed E-state index contributed by atoms with van der Waals surface area (Å²) in [5.74, 6) is 0.321. The van der Waals surface area contributed by atoms with Crippen LogP contribution in [0.4, 0.5) is 5.69 Å². The summed E-state index contributed by atoms with van der Waals surface area (Å²) in [5.41, 5.74) is 6.62. The Morgan fingerprint density at radius 2 is 2.30 bits per heavy atom. The Hall–Kier alpha value is -1.26. The van der Waals surface area contributed by atoms with E-state index < -0.39 is 0 Å². The van der Waals surface area contributed by atoms with Crippen molar-refractivity contribution in [2.24, 2.45) is 5.92 Å². The molecule has 20 heavy (non-hydrogen) atoms. The average molecular weight is 296 g/mol. The van der Waals surface area contributed by atoms with E-state index >= 15 is 0 Å². The van der Waals surface area contributed by atoms with Gasteiger partial charge in [-0.1, -0.05) is 17.7 Å². The fourth-order valence-electron chi connectivity index (χ4n) is 2.60. The van der Waals surface area contributed by atoms with Gasteiger partial charge in [-0.2, -0.15) is 0 Å². The van der Waals surface area contributed by atoms with Gasteiger partial charge in [-0.05, 0) is 44.9 Å². The highest BCUT2D eigenvalue weighted by molar-refractivity contribution is 6.34. The second-order valence-electron chi connectivity index (χ2n) is 5.66. The number of halogens is 1. The molecule has 1 unspecified atom stereocenters. The van der Waals surface area contributed by atoms with Crippen LogP contribution in [0.15, 0.2) is 18.2 Å². The first kappa shape index (κ1) is 15.1. The smallest absolute Gasteiger partial charge is 0.254 e. The number of hydrogen-bond acceptors (Lipinski definition) is 3. The molecule has 2 rings (SSSR count). The molecule has 0 aliphatic carbocycles. The Morgan fingerprint density at radius 1 is 1.55 bits per heavy atom. The molecule has 3 N–H and O–H groups in total. The lowest BCUT2D eigenvalue weighted by Gasteiger charge is -2.20. The van der Waals surface area contributed by atoms with E-state index in [1.54, 1.807) is 18.2 Å². The molecule has 1 aliphatic rings. The number of nitrogen functional groups attached to an aromatic ring is 1. The molecule has 1 heterocycles. The van der Waals surface area contributed by atoms with Crippen molar-refractivity contribution in [2.45, 2.75) is 26.3 Å². The Bertz CT molecular complexity index is 470. The van der Waals surface area contributed by atoms with Crippen LogP contribution in [-0.2, 0) is 0 Å². The van der Waals surface area contributed by atoms with Gasteiger partial charge >= 0.3 is 0 Å². The zero-order valence-electron chi connectivity index (χ0n) is 12.0. The van der Waals surface area contributed by atoms with Crippen molar-refractivity contribution in [1.82, 2.24) is 10.2 Å². The van der Waals surface area contributed by atoms with Crippen LogP contribution in [0.5, 0.6) is 0 Å². The maximum absolute atomic E-state index is 12.2. The maximum Gasteiger partial charge on any atom is 0.254 e. The molecule has 0 bridgehead atoms. The van der Waals surface area contributed by atoms with E-state index in [2.05, 4.69) is 24.1 Å². The minimum atomic E-state index is -0.184. The highest BCUT2D eigenvalue weighted by Crippen LogP contribution is 2.22. The van der Waals surface area contributed by atoms with E-state index in [1.807, 2.05) is 0 Å². The summed E-state index contributed by atoms with van der Waals surface area (Å²) in [6.07, 6.45) is 1.12. The number of carbonyl (C=O) groups excluding carboxylic acids is 1. The minimum Gasteiger partial charge on any atom is -0.398 e. The van der Waals surface area contributed by atoms with Crippen molar-refractivity contribution in [3.63, 3.8) is 0 Å². The van der Waals surface area contributed by atoms with Gasteiger partial charge < -0.3 is 16.0 Å². The van der Waals surface area contributed by atoms with Gasteiger partial charge in [0.25, 0.3) is 5.91 Å². The number of hydrogen-bond donors (Lipinski definition) is 2. The summed E-state index contributed by atoms with van der Waals surface area (Å²) in [6.45, 7) is 7.21. The molecule has 1 saturated heterocycles. The molecule has 1 aromatic rings. The summed E-state index contributed by atoms with van der Waals surface area (Å²) in [6, 6.07) is 5.68. The normalized spacial score (nSPS) is 19.5. The molecule has 5 heteroatoms. The number of nitrogens with one attached hydrogen (secondary N) is 1. The molecule has 1 aromatic carbocycles. The molecule has 1 fully saturated rings. The molecular formula is C15H22ClN3O. The van der Waals surface area contributed by atoms with Crippen molar-refractivity contribution in [2.75, 3.05) is 25.4 Å². The SMILES string of the molecule is CC(C)N1CCC(CNC(=O)c2c(N)cccc2Cl)C1. The van der Waals surface area contributed by atoms with Crippen LogP contribution in [-0.4, -0.2) is 36.5 Å². The van der Waals surface area contributed by atoms with Crippen LogP contribution < -0.4 is 11.1 Å². The molecule has 0 radical (unpaired) electrons. The summed E-state index contributed by atoms with van der Waals surface area (Å²) in [5, 5.41) is 3.35. The summed E-state index contributed by atoms with van der Waals surface area (Å²) < 4.78 is 0. The molecule has 0 spiro atoms. The molecular weight excluding hydrogens is 274 g/mol. The van der Waals surface area contributed by atoms with Crippen LogP contribution in [0.1, 0.15) is 30.6 Å². The van der Waals surface area contributed by atoms with Gasteiger partial charge in [0.15, 0.2) is 0 Å². The van der Waals surface area contributed by atoms with Gasteiger partial charge in [-0.3, -0.25) is 4.79 Å². The van der Waals surface area contributed by atoms with Gasteiger partial charge in [-0.25, -0.2) is 0 Å². The number of rotatable bonds is 4. The number of carbonyl (C=O) groups is 1. The third-order valence-electron chi connectivity index (χ3n) is 3.87. The molecule has 110 valence electrons. The largest absolute Gasteiger partial charge is 0.398 e. The lowest BCUT2D eigenvalue weighted by molar-refractivity contribution is 0.0948. The van der Waals surface area contributed by atoms with Crippen molar-refractivity contribution in [1.29, 1.82) is 0 Å². The standard InChI is InChI=1S/C15H22ClN3O/c1-10(2)19-7-6-11(9-19)8-18-15(20)14-12(16)4-3-5-13(14)17/h3-5,10-11H,6-9,17H2,1-2H3,(H,18,20). The van der Waals surface area contributed by atoms with Gasteiger partial charge in [0.05, 0.1) is 10.6 Å². The third-order valence-corrected chi connectivity index (χ3v) is 4.19. The lowest BCUT2D eigenvalue weighted by atomic mass is 10.1. The van der Waals surface area contributed by atoms with Crippen molar-refractivity contribution in [3.05, 3.63) is 28.8 Å². The number of nitrogens with two attached hydrogens (primary N) is 1. The molecule has 0 aromatic heterocycles. The number of anilines is 1. The van der Waals surface area contributed by atoms with Crippen LogP contribution in [0.2, 0.25) is 5.02 Å². The predicted molar refractivity (Wildman–Crippen MR) is 83.0 cm³/mol. The quantitative estimate of drug-likeness (QED) is 0.839. The maximum atomic E-state index is 12.2. The van der Waals surface area contributed by atoms with Crippen LogP contribution in [0.3, 0.4) is 0 Å². The fraction of sp³-hybridized carbons (Fsp3) is 0.533. The Morgan fingerprint density at radius 3 is 2.90 bits per heavy atom. The fourth-order valence-corrected chi connectivity index (χ4v) is 2.87. The number of nitrogens with zero attached hydrogens (tertiary/aromatic N) is 1. The number of amides is 1. The number of likely N-dealkylation sites (tertiary alicyclic amines) is 1. The Balaban J connectivity index is 1.90. The van der Waals surface area contributed by atoms with Crippen molar-refractivity contribution in [3.8, 4) is 0 Å². The zero-order chi connectivity index (χ0) is 14.7. The monoisotopic (exact) mass is 295 g/mol. The van der Waals surface area contributed by atoms with E-state index in [9.17, 15) is 4.79 Å². The van der Waals surface area contributed by atoms with E-state index in [4.69, 9.17) is 17.3 Å². The number of benzene rings is 1. The summed E-state index contributed by atoms with van der Waals surface area (Å²) in [4.78, 5) is 14.6. The van der Waals surface area contributed by atoms with Gasteiger partial charge in [-0.15, -0.1) is 0 Å². The zero-order valence-corrected chi connectivity index (χ0v) is 12.8. The van der Waals surface area contributed by atoms with E-state index in [1.165, 1.54) is 0 Å². The van der Waals surface area contributed by atoms with E-state index in [-0.39, 0.29) is 5.91 Å². The first-order valence-corrected chi connectivity index (χ1v) is 7.43. The highest BCUT2D eigenvalue weighted by Gasteiger charge is 2.25. The predicted octanol–water partition coefficient (Wildman–Crippen LogP) is 2.38. The lowest BCUT2D eigenvalue weighted by Crippen LogP contribution is -2.33. The van der Waals surface area contributed by atoms with Crippen LogP contribution in [0.25, 0.3) is 0 Å². The molecule has 1 aliphatic heterocycles. The summed E-state index contributed by atoms with van der Waals surface area (Å²) >= 11 is 6.04. The molecule has 0 saturated carbocycles. The minimum absolute atomic E-state index is 0.184. The van der Waals surface area contributed by atoms with E-state index in [0.717, 1.165) is 19.5 Å². The average Bonchev–Trinajstić information content (AvgIpc) is 2.85.